The predicted octanol–water partition coefficient (Wildman–Crippen LogP) is 2.50. The fraction of sp³-hybridized carbons (Fsp3) is 1.00. The van der Waals surface area contributed by atoms with Crippen LogP contribution in [-0.2, 0) is 0 Å². The highest BCUT2D eigenvalue weighted by molar-refractivity contribution is 4.91. The third kappa shape index (κ3) is 2.85. The van der Waals surface area contributed by atoms with Crippen LogP contribution in [-0.4, -0.2) is 37.1 Å². The molecule has 1 saturated heterocycles. The summed E-state index contributed by atoms with van der Waals surface area (Å²) in [6.45, 7) is 7.59. The molecule has 1 N–H and O–H groups in total. The molecule has 0 spiro atoms. The summed E-state index contributed by atoms with van der Waals surface area (Å²) >= 11 is 0. The van der Waals surface area contributed by atoms with Crippen LogP contribution in [0, 0.1) is 17.8 Å². The molecule has 4 unspecified atom stereocenters. The second kappa shape index (κ2) is 5.27. The summed E-state index contributed by atoms with van der Waals surface area (Å²) < 4.78 is 0. The minimum Gasteiger partial charge on any atom is -0.313 e. The molecule has 17 heavy (non-hydrogen) atoms. The first-order chi connectivity index (χ1) is 8.31. The Morgan fingerprint density at radius 2 is 2.00 bits per heavy atom. The van der Waals surface area contributed by atoms with Gasteiger partial charge >= 0.3 is 0 Å². The van der Waals surface area contributed by atoms with Gasteiger partial charge in [0.15, 0.2) is 0 Å². The van der Waals surface area contributed by atoms with Gasteiger partial charge in [0.25, 0.3) is 0 Å². The van der Waals surface area contributed by atoms with Crippen molar-refractivity contribution in [1.82, 2.24) is 10.2 Å². The van der Waals surface area contributed by atoms with Crippen LogP contribution in [0.25, 0.3) is 0 Å². The van der Waals surface area contributed by atoms with Gasteiger partial charge in [0.2, 0.25) is 0 Å². The first-order valence-electron chi connectivity index (χ1n) is 7.77. The van der Waals surface area contributed by atoms with Crippen molar-refractivity contribution < 1.29 is 0 Å². The lowest BCUT2D eigenvalue weighted by Crippen LogP contribution is -2.40. The van der Waals surface area contributed by atoms with E-state index in [0.29, 0.717) is 6.04 Å². The molecular weight excluding hydrogens is 208 g/mol. The van der Waals surface area contributed by atoms with E-state index >= 15 is 0 Å². The van der Waals surface area contributed by atoms with Crippen molar-refractivity contribution in [3.05, 3.63) is 0 Å². The molecule has 4 atom stereocenters. The Hall–Kier alpha value is -0.0800. The van der Waals surface area contributed by atoms with Crippen molar-refractivity contribution in [3.63, 3.8) is 0 Å². The number of fused-ring (bicyclic) bond motifs is 2. The van der Waals surface area contributed by atoms with Crippen molar-refractivity contribution in [2.45, 2.75) is 51.5 Å². The Balaban J connectivity index is 1.36. The molecule has 2 aliphatic carbocycles. The second-order valence-corrected chi connectivity index (χ2v) is 6.75. The fourth-order valence-corrected chi connectivity index (χ4v) is 4.40. The van der Waals surface area contributed by atoms with Gasteiger partial charge in [-0.05, 0) is 76.4 Å². The summed E-state index contributed by atoms with van der Waals surface area (Å²) in [5.74, 6) is 3.18. The Labute approximate surface area is 106 Å². The van der Waals surface area contributed by atoms with E-state index < -0.39 is 0 Å². The van der Waals surface area contributed by atoms with E-state index in [1.807, 2.05) is 0 Å². The van der Waals surface area contributed by atoms with Crippen LogP contribution in [0.3, 0.4) is 0 Å². The molecule has 0 aromatic carbocycles. The van der Waals surface area contributed by atoms with Crippen LogP contribution >= 0.6 is 0 Å². The Kier molecular flexibility index (Phi) is 3.72. The summed E-state index contributed by atoms with van der Waals surface area (Å²) in [7, 11) is 0. The van der Waals surface area contributed by atoms with Crippen LogP contribution in [0.1, 0.15) is 45.4 Å². The molecule has 0 aromatic heterocycles. The van der Waals surface area contributed by atoms with Crippen molar-refractivity contribution in [2.24, 2.45) is 17.8 Å². The maximum absolute atomic E-state index is 3.79. The molecule has 1 aliphatic heterocycles. The summed E-state index contributed by atoms with van der Waals surface area (Å²) in [4.78, 5) is 2.62. The number of likely N-dealkylation sites (tertiary alicyclic amines) is 1. The van der Waals surface area contributed by atoms with E-state index in [4.69, 9.17) is 0 Å². The normalized spacial score (nSPS) is 39.0. The molecule has 2 heteroatoms. The zero-order valence-corrected chi connectivity index (χ0v) is 11.3. The molecular formula is C15H28N2. The average Bonchev–Trinajstić information content (AvgIpc) is 3.02. The van der Waals surface area contributed by atoms with Crippen molar-refractivity contribution >= 4 is 0 Å². The summed E-state index contributed by atoms with van der Waals surface area (Å²) in [6.07, 6.45) is 8.96. The molecule has 2 bridgehead atoms. The van der Waals surface area contributed by atoms with E-state index in [1.54, 1.807) is 6.42 Å². The highest BCUT2D eigenvalue weighted by Crippen LogP contribution is 2.47. The number of rotatable bonds is 5. The zero-order chi connectivity index (χ0) is 11.7. The van der Waals surface area contributed by atoms with Gasteiger partial charge in [-0.15, -0.1) is 0 Å². The van der Waals surface area contributed by atoms with Gasteiger partial charge in [-0.25, -0.2) is 0 Å². The van der Waals surface area contributed by atoms with Gasteiger partial charge in [0, 0.05) is 12.6 Å². The largest absolute Gasteiger partial charge is 0.313 e. The molecule has 3 rings (SSSR count). The number of nitrogens with one attached hydrogen (secondary N) is 1. The minimum absolute atomic E-state index is 0.687. The second-order valence-electron chi connectivity index (χ2n) is 6.75. The van der Waals surface area contributed by atoms with Crippen molar-refractivity contribution in [2.75, 3.05) is 26.2 Å². The van der Waals surface area contributed by atoms with Crippen molar-refractivity contribution in [3.8, 4) is 0 Å². The molecule has 1 heterocycles. The van der Waals surface area contributed by atoms with Crippen LogP contribution in [0.2, 0.25) is 0 Å². The summed E-state index contributed by atoms with van der Waals surface area (Å²) in [6, 6.07) is 0.687. The Bertz CT molecular complexity index is 247. The maximum Gasteiger partial charge on any atom is 0.0166 e. The van der Waals surface area contributed by atoms with Crippen LogP contribution in [0.5, 0.6) is 0 Å². The van der Waals surface area contributed by atoms with Crippen LogP contribution in [0.4, 0.5) is 0 Å². The molecule has 98 valence electrons. The lowest BCUT2D eigenvalue weighted by atomic mass is 9.89. The molecule has 2 nitrogen and oxygen atoms in total. The van der Waals surface area contributed by atoms with Gasteiger partial charge in [0.05, 0.1) is 0 Å². The molecule has 0 radical (unpaired) electrons. The maximum atomic E-state index is 3.79. The van der Waals surface area contributed by atoms with Crippen LogP contribution < -0.4 is 5.32 Å². The fourth-order valence-electron chi connectivity index (χ4n) is 4.40. The van der Waals surface area contributed by atoms with Crippen molar-refractivity contribution in [1.29, 1.82) is 0 Å². The quantitative estimate of drug-likeness (QED) is 0.789. The number of nitrogens with zero attached hydrogens (tertiary/aromatic N) is 1. The summed E-state index contributed by atoms with van der Waals surface area (Å²) in [5.41, 5.74) is 0. The monoisotopic (exact) mass is 236 g/mol. The van der Waals surface area contributed by atoms with E-state index in [2.05, 4.69) is 17.1 Å². The first kappa shape index (κ1) is 12.0. The van der Waals surface area contributed by atoms with Gasteiger partial charge < -0.3 is 10.2 Å². The SMILES string of the molecule is CC(CN1CCCC1)NCC1CC2CCC1C2. The predicted molar refractivity (Wildman–Crippen MR) is 72.1 cm³/mol. The molecule has 0 amide bonds. The Morgan fingerprint density at radius 3 is 2.65 bits per heavy atom. The van der Waals surface area contributed by atoms with Crippen LogP contribution in [0.15, 0.2) is 0 Å². The van der Waals surface area contributed by atoms with Gasteiger partial charge in [-0.1, -0.05) is 6.42 Å². The zero-order valence-electron chi connectivity index (χ0n) is 11.3. The lowest BCUT2D eigenvalue weighted by Gasteiger charge is -2.26. The Morgan fingerprint density at radius 1 is 1.18 bits per heavy atom. The highest BCUT2D eigenvalue weighted by atomic mass is 15.2. The standard InChI is InChI=1S/C15H28N2/c1-12(11-17-6-2-3-7-17)16-10-15-9-13-4-5-14(15)8-13/h12-16H,2-11H2,1H3. The van der Waals surface area contributed by atoms with E-state index in [9.17, 15) is 0 Å². The smallest absolute Gasteiger partial charge is 0.0166 e. The van der Waals surface area contributed by atoms with Gasteiger partial charge in [-0.2, -0.15) is 0 Å². The third-order valence-electron chi connectivity index (χ3n) is 5.34. The summed E-state index contributed by atoms with van der Waals surface area (Å²) in [5, 5.41) is 3.79. The topological polar surface area (TPSA) is 15.3 Å². The molecule has 3 aliphatic rings. The highest BCUT2D eigenvalue weighted by Gasteiger charge is 2.39. The van der Waals surface area contributed by atoms with E-state index in [-0.39, 0.29) is 0 Å². The number of hydrogen-bond donors (Lipinski definition) is 1. The lowest BCUT2D eigenvalue weighted by molar-refractivity contribution is 0.268. The van der Waals surface area contributed by atoms with E-state index in [1.165, 1.54) is 58.3 Å². The van der Waals surface area contributed by atoms with E-state index in [0.717, 1.165) is 17.8 Å². The van der Waals surface area contributed by atoms with Gasteiger partial charge in [0.1, 0.15) is 0 Å². The first-order valence-corrected chi connectivity index (χ1v) is 7.77. The minimum atomic E-state index is 0.687. The van der Waals surface area contributed by atoms with Gasteiger partial charge in [-0.3, -0.25) is 0 Å². The average molecular weight is 236 g/mol. The molecule has 0 aromatic rings. The number of hydrogen-bond acceptors (Lipinski definition) is 2. The molecule has 3 fully saturated rings. The third-order valence-corrected chi connectivity index (χ3v) is 5.34. The molecule has 2 saturated carbocycles.